The molecule has 2 nitrogen and oxygen atoms in total. The van der Waals surface area contributed by atoms with E-state index in [2.05, 4.69) is 13.8 Å². The van der Waals surface area contributed by atoms with Crippen LogP contribution in [0.5, 0.6) is 0 Å². The van der Waals surface area contributed by atoms with Gasteiger partial charge < -0.3 is 0 Å². The SMILES string of the molecule is CCCCCCC1(C(CCC)S(=O)(=O)Cl)CCCC1. The van der Waals surface area contributed by atoms with Crippen LogP contribution in [0.4, 0.5) is 0 Å². The van der Waals surface area contributed by atoms with Gasteiger partial charge in [-0.1, -0.05) is 58.8 Å². The quantitative estimate of drug-likeness (QED) is 0.430. The maximum absolute atomic E-state index is 12.0. The molecule has 0 saturated heterocycles. The summed E-state index contributed by atoms with van der Waals surface area (Å²) in [6.07, 6.45) is 11.9. The third kappa shape index (κ3) is 4.93. The highest BCUT2D eigenvalue weighted by Crippen LogP contribution is 2.49. The lowest BCUT2D eigenvalue weighted by Gasteiger charge is -2.36. The van der Waals surface area contributed by atoms with Crippen LogP contribution in [0, 0.1) is 5.41 Å². The second kappa shape index (κ2) is 7.87. The molecule has 1 aliphatic rings. The monoisotopic (exact) mass is 308 g/mol. The summed E-state index contributed by atoms with van der Waals surface area (Å²) >= 11 is 0. The van der Waals surface area contributed by atoms with Crippen LogP contribution in [0.25, 0.3) is 0 Å². The highest BCUT2D eigenvalue weighted by Gasteiger charge is 2.45. The van der Waals surface area contributed by atoms with Crippen molar-refractivity contribution in [2.24, 2.45) is 5.41 Å². The van der Waals surface area contributed by atoms with Gasteiger partial charge in [0, 0.05) is 10.7 Å². The van der Waals surface area contributed by atoms with Crippen molar-refractivity contribution in [3.63, 3.8) is 0 Å². The van der Waals surface area contributed by atoms with E-state index >= 15 is 0 Å². The Morgan fingerprint density at radius 3 is 2.16 bits per heavy atom. The molecule has 0 radical (unpaired) electrons. The molecule has 1 aliphatic carbocycles. The Morgan fingerprint density at radius 2 is 1.68 bits per heavy atom. The van der Waals surface area contributed by atoms with Crippen LogP contribution in [0.1, 0.15) is 84.5 Å². The minimum absolute atomic E-state index is 0.0235. The van der Waals surface area contributed by atoms with E-state index in [9.17, 15) is 8.42 Å². The second-order valence-corrected chi connectivity index (χ2v) is 8.94. The molecule has 0 aromatic heterocycles. The van der Waals surface area contributed by atoms with E-state index in [4.69, 9.17) is 10.7 Å². The average molecular weight is 309 g/mol. The van der Waals surface area contributed by atoms with Gasteiger partial charge in [-0.15, -0.1) is 0 Å². The molecule has 4 heteroatoms. The molecule has 1 saturated carbocycles. The molecule has 0 heterocycles. The number of hydrogen-bond acceptors (Lipinski definition) is 2. The molecule has 0 N–H and O–H groups in total. The van der Waals surface area contributed by atoms with Crippen molar-refractivity contribution in [2.75, 3.05) is 0 Å². The van der Waals surface area contributed by atoms with Crippen LogP contribution in [0.15, 0.2) is 0 Å². The van der Waals surface area contributed by atoms with Crippen molar-refractivity contribution in [3.05, 3.63) is 0 Å². The Balaban J connectivity index is 2.77. The molecule has 1 rings (SSSR count). The van der Waals surface area contributed by atoms with Crippen molar-refractivity contribution in [1.29, 1.82) is 0 Å². The fourth-order valence-electron chi connectivity index (χ4n) is 3.72. The van der Waals surface area contributed by atoms with Crippen molar-refractivity contribution < 1.29 is 8.42 Å². The van der Waals surface area contributed by atoms with Crippen molar-refractivity contribution >= 4 is 19.7 Å². The summed E-state index contributed by atoms with van der Waals surface area (Å²) in [5.74, 6) is 0. The zero-order chi connectivity index (χ0) is 14.4. The van der Waals surface area contributed by atoms with Gasteiger partial charge in [0.05, 0.1) is 5.25 Å². The third-order valence-corrected chi connectivity index (χ3v) is 6.76. The molecule has 0 aromatic rings. The van der Waals surface area contributed by atoms with E-state index in [1.807, 2.05) is 0 Å². The summed E-state index contributed by atoms with van der Waals surface area (Å²) in [6, 6.07) is 0. The summed E-state index contributed by atoms with van der Waals surface area (Å²) in [5, 5.41) is -0.323. The van der Waals surface area contributed by atoms with E-state index in [1.54, 1.807) is 0 Å². The van der Waals surface area contributed by atoms with Crippen LogP contribution >= 0.6 is 10.7 Å². The molecule has 0 aromatic carbocycles. The van der Waals surface area contributed by atoms with Crippen LogP contribution in [-0.4, -0.2) is 13.7 Å². The Labute approximate surface area is 123 Å². The van der Waals surface area contributed by atoms with Crippen molar-refractivity contribution in [1.82, 2.24) is 0 Å². The molecule has 19 heavy (non-hydrogen) atoms. The second-order valence-electron chi connectivity index (χ2n) is 6.13. The summed E-state index contributed by atoms with van der Waals surface area (Å²) < 4.78 is 23.9. The lowest BCUT2D eigenvalue weighted by atomic mass is 9.76. The number of halogens is 1. The number of rotatable bonds is 9. The predicted octanol–water partition coefficient (Wildman–Crippen LogP) is 5.25. The molecule has 114 valence electrons. The zero-order valence-electron chi connectivity index (χ0n) is 12.5. The summed E-state index contributed by atoms with van der Waals surface area (Å²) in [7, 11) is 2.32. The van der Waals surface area contributed by atoms with Gasteiger partial charge >= 0.3 is 0 Å². The first-order chi connectivity index (χ1) is 8.96. The highest BCUT2D eigenvalue weighted by atomic mass is 35.7. The molecule has 0 amide bonds. The van der Waals surface area contributed by atoms with Gasteiger partial charge in [0.2, 0.25) is 9.05 Å². The fourth-order valence-corrected chi connectivity index (χ4v) is 6.03. The fraction of sp³-hybridized carbons (Fsp3) is 1.00. The average Bonchev–Trinajstić information content (AvgIpc) is 2.80. The number of unbranched alkanes of at least 4 members (excludes halogenated alkanes) is 3. The lowest BCUT2D eigenvalue weighted by Crippen LogP contribution is -2.37. The first-order valence-electron chi connectivity index (χ1n) is 7.90. The Bertz CT molecular complexity index is 345. The van der Waals surface area contributed by atoms with Crippen molar-refractivity contribution in [2.45, 2.75) is 89.7 Å². The zero-order valence-corrected chi connectivity index (χ0v) is 14.0. The third-order valence-electron chi connectivity index (χ3n) is 4.70. The maximum Gasteiger partial charge on any atom is 0.235 e. The molecule has 0 spiro atoms. The van der Waals surface area contributed by atoms with E-state index in [0.29, 0.717) is 0 Å². The largest absolute Gasteiger partial charge is 0.235 e. The summed E-state index contributed by atoms with van der Waals surface area (Å²) in [4.78, 5) is 0. The van der Waals surface area contributed by atoms with Gasteiger partial charge in [-0.2, -0.15) is 0 Å². The predicted molar refractivity (Wildman–Crippen MR) is 83.1 cm³/mol. The summed E-state index contributed by atoms with van der Waals surface area (Å²) in [6.45, 7) is 4.25. The van der Waals surface area contributed by atoms with E-state index < -0.39 is 9.05 Å². The minimum Gasteiger partial charge on any atom is -0.212 e. The Kier molecular flexibility index (Phi) is 7.17. The van der Waals surface area contributed by atoms with Gasteiger partial charge in [-0.25, -0.2) is 8.42 Å². The molecule has 0 bridgehead atoms. The van der Waals surface area contributed by atoms with Gasteiger partial charge in [-0.3, -0.25) is 0 Å². The van der Waals surface area contributed by atoms with Crippen molar-refractivity contribution in [3.8, 4) is 0 Å². The van der Waals surface area contributed by atoms with Gasteiger partial charge in [0.15, 0.2) is 0 Å². The Hall–Kier alpha value is 0.240. The first kappa shape index (κ1) is 17.3. The normalized spacial score (nSPS) is 20.6. The topological polar surface area (TPSA) is 34.1 Å². The van der Waals surface area contributed by atoms with E-state index in [0.717, 1.165) is 38.5 Å². The molecule has 1 atom stereocenters. The molecule has 1 fully saturated rings. The molecular formula is C15H29ClO2S. The van der Waals surface area contributed by atoms with Crippen LogP contribution in [-0.2, 0) is 9.05 Å². The molecular weight excluding hydrogens is 280 g/mol. The van der Waals surface area contributed by atoms with Gasteiger partial charge in [0.25, 0.3) is 0 Å². The smallest absolute Gasteiger partial charge is 0.212 e. The van der Waals surface area contributed by atoms with E-state index in [-0.39, 0.29) is 10.7 Å². The minimum atomic E-state index is -3.44. The Morgan fingerprint density at radius 1 is 1.05 bits per heavy atom. The molecule has 1 unspecified atom stereocenters. The van der Waals surface area contributed by atoms with E-state index in [1.165, 1.54) is 32.1 Å². The van der Waals surface area contributed by atoms with Gasteiger partial charge in [0.1, 0.15) is 0 Å². The maximum atomic E-state index is 12.0. The van der Waals surface area contributed by atoms with Crippen LogP contribution in [0.2, 0.25) is 0 Å². The van der Waals surface area contributed by atoms with Crippen LogP contribution in [0.3, 0.4) is 0 Å². The number of hydrogen-bond donors (Lipinski definition) is 0. The first-order valence-corrected chi connectivity index (χ1v) is 10.3. The summed E-state index contributed by atoms with van der Waals surface area (Å²) in [5.41, 5.74) is -0.0235. The van der Waals surface area contributed by atoms with Gasteiger partial charge in [-0.05, 0) is 31.1 Å². The standard InChI is InChI=1S/C15H29ClO2S/c1-3-5-6-7-11-15(12-8-9-13-15)14(10-4-2)19(16,17)18/h14H,3-13H2,1-2H3. The molecule has 0 aliphatic heterocycles. The lowest BCUT2D eigenvalue weighted by molar-refractivity contribution is 0.236. The van der Waals surface area contributed by atoms with Crippen LogP contribution < -0.4 is 0 Å². The highest BCUT2D eigenvalue weighted by molar-refractivity contribution is 8.14.